The van der Waals surface area contributed by atoms with Crippen molar-refractivity contribution in [2.75, 3.05) is 34.0 Å². The van der Waals surface area contributed by atoms with E-state index in [0.717, 1.165) is 23.3 Å². The molecule has 2 N–H and O–H groups in total. The van der Waals surface area contributed by atoms with Gasteiger partial charge in [0.15, 0.2) is 0 Å². The Labute approximate surface area is 367 Å². The number of amides is 1. The van der Waals surface area contributed by atoms with E-state index >= 15 is 4.79 Å². The summed E-state index contributed by atoms with van der Waals surface area (Å²) in [6, 6.07) is 0. The molecule has 1 spiro atoms. The molecule has 2 saturated heterocycles. The lowest BCUT2D eigenvalue weighted by molar-refractivity contribution is -0.302. The number of aliphatic hydroxyl groups excluding tert-OH is 1. The highest BCUT2D eigenvalue weighted by molar-refractivity contribution is 6.39. The number of esters is 2. The van der Waals surface area contributed by atoms with E-state index in [4.69, 9.17) is 33.4 Å². The van der Waals surface area contributed by atoms with E-state index in [1.807, 2.05) is 32.9 Å². The second-order valence-corrected chi connectivity index (χ2v) is 18.8. The Balaban J connectivity index is 1.57. The molecule has 0 aromatic heterocycles. The van der Waals surface area contributed by atoms with Crippen LogP contribution in [0.3, 0.4) is 0 Å². The summed E-state index contributed by atoms with van der Waals surface area (Å²) < 4.78 is 35.4. The van der Waals surface area contributed by atoms with E-state index < -0.39 is 83.4 Å². The van der Waals surface area contributed by atoms with Crippen LogP contribution in [-0.2, 0) is 52.4 Å². The molecule has 5 aliphatic rings. The van der Waals surface area contributed by atoms with Crippen LogP contribution in [0.4, 0.5) is 0 Å². The van der Waals surface area contributed by atoms with Gasteiger partial charge in [0.2, 0.25) is 11.4 Å². The van der Waals surface area contributed by atoms with Crippen molar-refractivity contribution in [2.24, 2.45) is 40.5 Å². The third kappa shape index (κ3) is 11.1. The van der Waals surface area contributed by atoms with Gasteiger partial charge >= 0.3 is 11.9 Å². The normalized spacial score (nSPS) is 40.9. The van der Waals surface area contributed by atoms with Crippen molar-refractivity contribution in [3.8, 4) is 0 Å². The smallest absolute Gasteiger partial charge is 0.355 e. The number of allylic oxidation sites excluding steroid dienone is 3. The second kappa shape index (κ2) is 21.6. The Kier molecular flexibility index (Phi) is 17.3. The van der Waals surface area contributed by atoms with Gasteiger partial charge in [-0.25, -0.2) is 9.59 Å². The predicted molar refractivity (Wildman–Crippen MR) is 229 cm³/mol. The molecule has 5 rings (SSSR count). The largest absolute Gasteiger partial charge is 0.464 e. The standard InChI is InChI=1S/C47H72N2O13/c1-10-59-40(52)26-60-37-14-13-33(22-29(37)4)23-30(5)41-32(7)35(50)25-36(51)34-15-17-48-46(45(55)61-41)16-11-12-18-49(46)44(54)43(53)47(56)31(6)24-39(58-9)42(62-47)38(57-8)21-28(3)19-27(2)20-34/h17,20,23,28-29,31-35,37-39,41-42,50,56H,10-16,18-19,21-22,24-26H2,1-9H3/b27-20+,30-23+,48-17-/t28-,29?,31+,32+,33+,34+,35-,37+,38-,39-,41+,42+,46-,47+/m0/s1. The van der Waals surface area contributed by atoms with E-state index in [1.54, 1.807) is 20.8 Å². The maximum absolute atomic E-state index is 15.1. The summed E-state index contributed by atoms with van der Waals surface area (Å²) >= 11 is 0. The van der Waals surface area contributed by atoms with Gasteiger partial charge in [0.1, 0.15) is 24.6 Å². The Hall–Kier alpha value is -3.34. The molecule has 348 valence electrons. The number of carbonyl (C=O) groups excluding carboxylic acids is 5. The van der Waals surface area contributed by atoms with Crippen molar-refractivity contribution in [1.82, 2.24) is 4.90 Å². The van der Waals surface area contributed by atoms with Crippen molar-refractivity contribution >= 4 is 35.6 Å². The number of cyclic esters (lactones) is 1. The first-order chi connectivity index (χ1) is 29.4. The number of nitrogens with zero attached hydrogens (tertiary/aromatic N) is 2. The number of hydrogen-bond acceptors (Lipinski definition) is 14. The van der Waals surface area contributed by atoms with Crippen LogP contribution in [0.25, 0.3) is 0 Å². The fourth-order valence-corrected chi connectivity index (χ4v) is 10.4. The maximum atomic E-state index is 15.1. The Morgan fingerprint density at radius 3 is 2.39 bits per heavy atom. The molecule has 15 heteroatoms. The molecule has 62 heavy (non-hydrogen) atoms. The zero-order valence-corrected chi connectivity index (χ0v) is 38.3. The highest BCUT2D eigenvalue weighted by atomic mass is 16.7. The van der Waals surface area contributed by atoms with Gasteiger partial charge in [-0.2, -0.15) is 0 Å². The summed E-state index contributed by atoms with van der Waals surface area (Å²) in [5.41, 5.74) is -0.434. The monoisotopic (exact) mass is 873 g/mol. The number of ether oxygens (including phenoxy) is 6. The summed E-state index contributed by atoms with van der Waals surface area (Å²) in [5.74, 6) is -8.62. The van der Waals surface area contributed by atoms with E-state index in [1.165, 1.54) is 20.4 Å². The Morgan fingerprint density at radius 1 is 1.00 bits per heavy atom. The van der Waals surface area contributed by atoms with Gasteiger partial charge in [0.25, 0.3) is 11.7 Å². The Morgan fingerprint density at radius 2 is 1.71 bits per heavy atom. The van der Waals surface area contributed by atoms with E-state index in [-0.39, 0.29) is 75.1 Å². The van der Waals surface area contributed by atoms with E-state index in [0.29, 0.717) is 37.7 Å². The number of aliphatic imine (C=N–C) groups is 1. The first-order valence-electron chi connectivity index (χ1n) is 22.8. The highest BCUT2D eigenvalue weighted by Crippen LogP contribution is 2.41. The zero-order valence-electron chi connectivity index (χ0n) is 38.3. The lowest BCUT2D eigenvalue weighted by Crippen LogP contribution is -2.67. The molecular weight excluding hydrogens is 801 g/mol. The number of hydrogen-bond donors (Lipinski definition) is 2. The van der Waals surface area contributed by atoms with Gasteiger partial charge in [0.05, 0.1) is 31.0 Å². The quantitative estimate of drug-likeness (QED) is 0.187. The predicted octanol–water partition coefficient (Wildman–Crippen LogP) is 5.07. The molecule has 1 aliphatic carbocycles. The summed E-state index contributed by atoms with van der Waals surface area (Å²) in [7, 11) is 3.05. The molecule has 1 amide bonds. The van der Waals surface area contributed by atoms with Crippen molar-refractivity contribution in [3.63, 3.8) is 0 Å². The maximum Gasteiger partial charge on any atom is 0.355 e. The fourth-order valence-electron chi connectivity index (χ4n) is 10.4. The summed E-state index contributed by atoms with van der Waals surface area (Å²) in [6.07, 6.45) is 5.12. The highest BCUT2D eigenvalue weighted by Gasteiger charge is 2.59. The minimum absolute atomic E-state index is 0.00362. The zero-order chi connectivity index (χ0) is 45.5. The average Bonchev–Trinajstić information content (AvgIpc) is 3.23. The van der Waals surface area contributed by atoms with Crippen molar-refractivity contribution in [3.05, 3.63) is 23.3 Å². The number of Topliss-reactive ketones (excluding diaryl/α,β-unsaturated/α-hetero) is 2. The van der Waals surface area contributed by atoms with Crippen LogP contribution in [0.2, 0.25) is 0 Å². The van der Waals surface area contributed by atoms with E-state index in [9.17, 15) is 29.4 Å². The molecule has 3 fully saturated rings. The number of methoxy groups -OCH3 is 2. The molecule has 4 bridgehead atoms. The van der Waals surface area contributed by atoms with Crippen molar-refractivity contribution in [1.29, 1.82) is 0 Å². The molecule has 0 aromatic carbocycles. The van der Waals surface area contributed by atoms with E-state index in [2.05, 4.69) is 6.92 Å². The minimum atomic E-state index is -2.57. The summed E-state index contributed by atoms with van der Waals surface area (Å²) in [5, 5.41) is 24.0. The number of ketones is 2. The van der Waals surface area contributed by atoms with Crippen LogP contribution < -0.4 is 0 Å². The van der Waals surface area contributed by atoms with Gasteiger partial charge in [-0.1, -0.05) is 45.4 Å². The molecule has 4 aliphatic heterocycles. The molecule has 15 nitrogen and oxygen atoms in total. The lowest BCUT2D eigenvalue weighted by atomic mass is 9.78. The summed E-state index contributed by atoms with van der Waals surface area (Å²) in [4.78, 5) is 76.5. The van der Waals surface area contributed by atoms with Crippen molar-refractivity contribution < 1.29 is 62.6 Å². The van der Waals surface area contributed by atoms with Gasteiger partial charge in [-0.3, -0.25) is 19.4 Å². The van der Waals surface area contributed by atoms with Gasteiger partial charge in [-0.05, 0) is 102 Å². The van der Waals surface area contributed by atoms with Gasteiger partial charge < -0.3 is 43.5 Å². The first-order valence-corrected chi connectivity index (χ1v) is 22.8. The van der Waals surface area contributed by atoms with Crippen molar-refractivity contribution in [2.45, 2.75) is 167 Å². The van der Waals surface area contributed by atoms with Crippen LogP contribution in [-0.4, -0.2) is 133 Å². The first kappa shape index (κ1) is 49.7. The molecule has 4 heterocycles. The second-order valence-electron chi connectivity index (χ2n) is 18.8. The SMILES string of the molecule is CCOC(=O)CO[C@@H]1CC[C@@H](/C=C(\C)[C@H]2OC(=O)[C@]34CCCCN3C(=O)C(=O)[C@]3(O)O[C@H]([C@@H](OC)C[C@@H](C)C/C(C)=C/[C@@H](C/C=N\4)C(=O)C[C@H](O)[C@H]2C)[C@@H](OC)C[C@H]3C)CC1C. The molecular formula is C47H72N2O13. The number of aliphatic hydroxyl groups is 2. The molecule has 1 unspecified atom stereocenters. The Bertz CT molecular complexity index is 1710. The van der Waals surface area contributed by atoms with Crippen LogP contribution >= 0.6 is 0 Å². The average molecular weight is 873 g/mol. The number of fused-ring (bicyclic) bond motifs is 4. The number of rotatable bonds is 8. The van der Waals surface area contributed by atoms with Crippen LogP contribution in [0.15, 0.2) is 28.3 Å². The topological polar surface area (TPSA) is 197 Å². The minimum Gasteiger partial charge on any atom is -0.464 e. The van der Waals surface area contributed by atoms with Crippen LogP contribution in [0.5, 0.6) is 0 Å². The summed E-state index contributed by atoms with van der Waals surface area (Å²) in [6.45, 7) is 13.1. The number of piperidine rings is 1. The molecule has 0 radical (unpaired) electrons. The van der Waals surface area contributed by atoms with Crippen LogP contribution in [0.1, 0.15) is 119 Å². The molecule has 1 saturated carbocycles. The third-order valence-corrected chi connectivity index (χ3v) is 14.0. The lowest BCUT2D eigenvalue weighted by Gasteiger charge is -2.48. The van der Waals surface area contributed by atoms with Crippen LogP contribution in [0, 0.1) is 35.5 Å². The van der Waals surface area contributed by atoms with Gasteiger partial charge in [-0.15, -0.1) is 0 Å². The molecule has 0 aromatic rings. The fraction of sp³-hybridized carbons (Fsp3) is 0.787. The third-order valence-electron chi connectivity index (χ3n) is 14.0. The number of carbonyl (C=O) groups is 5. The van der Waals surface area contributed by atoms with Gasteiger partial charge in [0, 0.05) is 57.6 Å². The molecule has 14 atom stereocenters.